The number of para-hydroxylation sites is 1. The Labute approximate surface area is 103 Å². The topological polar surface area (TPSA) is 35.5 Å². The third kappa shape index (κ3) is 2.79. The van der Waals surface area contributed by atoms with Gasteiger partial charge in [-0.3, -0.25) is 0 Å². The summed E-state index contributed by atoms with van der Waals surface area (Å²) in [6.45, 7) is 6.57. The molecule has 0 spiro atoms. The van der Waals surface area contributed by atoms with E-state index >= 15 is 0 Å². The monoisotopic (exact) mass is 234 g/mol. The summed E-state index contributed by atoms with van der Waals surface area (Å²) < 4.78 is 0. The number of aliphatic hydroxyl groups is 1. The van der Waals surface area contributed by atoms with Gasteiger partial charge in [-0.1, -0.05) is 25.1 Å². The highest BCUT2D eigenvalue weighted by molar-refractivity contribution is 5.59. The Hall–Kier alpha value is -1.06. The fourth-order valence-corrected chi connectivity index (χ4v) is 2.51. The molecule has 94 valence electrons. The first kappa shape index (κ1) is 12.4. The second kappa shape index (κ2) is 5.52. The summed E-state index contributed by atoms with van der Waals surface area (Å²) in [6.07, 6.45) is 0.785. The molecule has 0 aliphatic carbocycles. The van der Waals surface area contributed by atoms with Crippen molar-refractivity contribution in [2.75, 3.05) is 24.5 Å². The van der Waals surface area contributed by atoms with Crippen LogP contribution in [0.2, 0.25) is 0 Å². The molecule has 0 saturated carbocycles. The molecule has 2 N–H and O–H groups in total. The molecular weight excluding hydrogens is 212 g/mol. The average Bonchev–Trinajstić information content (AvgIpc) is 2.64. The molecule has 1 aromatic carbocycles. The third-order valence-electron chi connectivity index (χ3n) is 3.39. The summed E-state index contributed by atoms with van der Waals surface area (Å²) in [6, 6.07) is 8.98. The van der Waals surface area contributed by atoms with Gasteiger partial charge in [0.1, 0.15) is 0 Å². The second-order valence-corrected chi connectivity index (χ2v) is 4.80. The lowest BCUT2D eigenvalue weighted by Gasteiger charge is -2.27. The molecule has 2 unspecified atom stereocenters. The standard InChI is InChI=1S/C14H22N2O/c1-3-15-9-13(17)10-16-11(2)8-12-6-4-5-7-14(12)16/h4-7,11,13,15,17H,3,8-10H2,1-2H3. The summed E-state index contributed by atoms with van der Waals surface area (Å²) in [7, 11) is 0. The number of β-amino-alcohol motifs (C(OH)–C–C–N with tert-alkyl or cyclic N) is 1. The minimum Gasteiger partial charge on any atom is -0.390 e. The normalized spacial score (nSPS) is 20.4. The van der Waals surface area contributed by atoms with Gasteiger partial charge < -0.3 is 15.3 Å². The summed E-state index contributed by atoms with van der Waals surface area (Å²) in [5, 5.41) is 13.2. The summed E-state index contributed by atoms with van der Waals surface area (Å²) in [4.78, 5) is 2.32. The molecule has 0 saturated heterocycles. The summed E-state index contributed by atoms with van der Waals surface area (Å²) in [5.74, 6) is 0. The van der Waals surface area contributed by atoms with Crippen LogP contribution >= 0.6 is 0 Å². The van der Waals surface area contributed by atoms with Crippen LogP contribution < -0.4 is 10.2 Å². The van der Waals surface area contributed by atoms with E-state index < -0.39 is 0 Å². The van der Waals surface area contributed by atoms with Crippen LogP contribution in [0.15, 0.2) is 24.3 Å². The summed E-state index contributed by atoms with van der Waals surface area (Å²) >= 11 is 0. The molecule has 1 aromatic rings. The van der Waals surface area contributed by atoms with Crippen molar-refractivity contribution in [3.63, 3.8) is 0 Å². The van der Waals surface area contributed by atoms with Gasteiger partial charge in [0.25, 0.3) is 0 Å². The fraction of sp³-hybridized carbons (Fsp3) is 0.571. The van der Waals surface area contributed by atoms with Crippen LogP contribution in [0.5, 0.6) is 0 Å². The molecule has 2 atom stereocenters. The molecule has 1 aliphatic rings. The zero-order chi connectivity index (χ0) is 12.3. The maximum absolute atomic E-state index is 9.98. The Kier molecular flexibility index (Phi) is 4.02. The maximum Gasteiger partial charge on any atom is 0.0839 e. The molecular formula is C14H22N2O. The number of rotatable bonds is 5. The van der Waals surface area contributed by atoms with E-state index in [0.717, 1.165) is 13.0 Å². The van der Waals surface area contributed by atoms with Crippen LogP contribution in [-0.2, 0) is 6.42 Å². The zero-order valence-corrected chi connectivity index (χ0v) is 10.7. The van der Waals surface area contributed by atoms with Crippen LogP contribution in [-0.4, -0.2) is 36.9 Å². The van der Waals surface area contributed by atoms with E-state index in [1.165, 1.54) is 11.3 Å². The van der Waals surface area contributed by atoms with Gasteiger partial charge in [-0.15, -0.1) is 0 Å². The number of hydrogen-bond acceptors (Lipinski definition) is 3. The second-order valence-electron chi connectivity index (χ2n) is 4.80. The Bertz CT molecular complexity index is 367. The maximum atomic E-state index is 9.98. The fourth-order valence-electron chi connectivity index (χ4n) is 2.51. The van der Waals surface area contributed by atoms with E-state index in [4.69, 9.17) is 0 Å². The van der Waals surface area contributed by atoms with Crippen LogP contribution in [0, 0.1) is 0 Å². The number of aliphatic hydroxyl groups excluding tert-OH is 1. The molecule has 0 aromatic heterocycles. The smallest absolute Gasteiger partial charge is 0.0839 e. The van der Waals surface area contributed by atoms with Crippen molar-refractivity contribution in [1.29, 1.82) is 0 Å². The van der Waals surface area contributed by atoms with Gasteiger partial charge in [0.2, 0.25) is 0 Å². The molecule has 0 radical (unpaired) electrons. The Balaban J connectivity index is 2.01. The number of nitrogens with zero attached hydrogens (tertiary/aromatic N) is 1. The number of anilines is 1. The van der Waals surface area contributed by atoms with Gasteiger partial charge >= 0.3 is 0 Å². The van der Waals surface area contributed by atoms with Gasteiger partial charge in [0.05, 0.1) is 6.10 Å². The van der Waals surface area contributed by atoms with Crippen molar-refractivity contribution < 1.29 is 5.11 Å². The average molecular weight is 234 g/mol. The largest absolute Gasteiger partial charge is 0.390 e. The Morgan fingerprint density at radius 3 is 3.00 bits per heavy atom. The first-order valence-corrected chi connectivity index (χ1v) is 6.45. The highest BCUT2D eigenvalue weighted by Gasteiger charge is 2.26. The predicted molar refractivity (Wildman–Crippen MR) is 71.5 cm³/mol. The van der Waals surface area contributed by atoms with E-state index in [2.05, 4.69) is 48.3 Å². The molecule has 0 amide bonds. The number of benzene rings is 1. The highest BCUT2D eigenvalue weighted by atomic mass is 16.3. The van der Waals surface area contributed by atoms with Crippen molar-refractivity contribution >= 4 is 5.69 Å². The van der Waals surface area contributed by atoms with Crippen molar-refractivity contribution in [2.24, 2.45) is 0 Å². The van der Waals surface area contributed by atoms with Crippen molar-refractivity contribution in [2.45, 2.75) is 32.4 Å². The number of nitrogens with one attached hydrogen (secondary N) is 1. The van der Waals surface area contributed by atoms with Crippen LogP contribution in [0.25, 0.3) is 0 Å². The van der Waals surface area contributed by atoms with Gasteiger partial charge in [0.15, 0.2) is 0 Å². The third-order valence-corrected chi connectivity index (χ3v) is 3.39. The number of likely N-dealkylation sites (N-methyl/N-ethyl adjacent to an activating group) is 1. The molecule has 0 bridgehead atoms. The van der Waals surface area contributed by atoms with E-state index in [9.17, 15) is 5.11 Å². The lowest BCUT2D eigenvalue weighted by Crippen LogP contribution is -2.40. The van der Waals surface area contributed by atoms with Gasteiger partial charge in [-0.25, -0.2) is 0 Å². The molecule has 0 fully saturated rings. The zero-order valence-electron chi connectivity index (χ0n) is 10.7. The van der Waals surface area contributed by atoms with Crippen molar-refractivity contribution in [1.82, 2.24) is 5.32 Å². The molecule has 3 nitrogen and oxygen atoms in total. The van der Waals surface area contributed by atoms with Crippen molar-refractivity contribution in [3.8, 4) is 0 Å². The summed E-state index contributed by atoms with van der Waals surface area (Å²) in [5.41, 5.74) is 2.69. The SMILES string of the molecule is CCNCC(O)CN1c2ccccc2CC1C. The van der Waals surface area contributed by atoms with E-state index in [0.29, 0.717) is 19.1 Å². The molecule has 2 rings (SSSR count). The lowest BCUT2D eigenvalue weighted by atomic mass is 10.1. The minimum absolute atomic E-state index is 0.302. The number of hydrogen-bond donors (Lipinski definition) is 2. The van der Waals surface area contributed by atoms with Crippen LogP contribution in [0.1, 0.15) is 19.4 Å². The Morgan fingerprint density at radius 2 is 2.24 bits per heavy atom. The Morgan fingerprint density at radius 1 is 1.47 bits per heavy atom. The van der Waals surface area contributed by atoms with Crippen LogP contribution in [0.4, 0.5) is 5.69 Å². The van der Waals surface area contributed by atoms with Crippen molar-refractivity contribution in [3.05, 3.63) is 29.8 Å². The predicted octanol–water partition coefficient (Wildman–Crippen LogP) is 1.41. The molecule has 3 heteroatoms. The lowest BCUT2D eigenvalue weighted by molar-refractivity contribution is 0.176. The quantitative estimate of drug-likeness (QED) is 0.808. The van der Waals surface area contributed by atoms with Gasteiger partial charge in [-0.2, -0.15) is 0 Å². The molecule has 1 heterocycles. The van der Waals surface area contributed by atoms with Gasteiger partial charge in [-0.05, 0) is 31.5 Å². The van der Waals surface area contributed by atoms with Crippen LogP contribution in [0.3, 0.4) is 0 Å². The van der Waals surface area contributed by atoms with Gasteiger partial charge in [0, 0.05) is 24.8 Å². The van der Waals surface area contributed by atoms with E-state index in [-0.39, 0.29) is 6.10 Å². The highest BCUT2D eigenvalue weighted by Crippen LogP contribution is 2.31. The first-order valence-electron chi connectivity index (χ1n) is 6.45. The number of fused-ring (bicyclic) bond motifs is 1. The molecule has 1 aliphatic heterocycles. The van der Waals surface area contributed by atoms with E-state index in [1.807, 2.05) is 0 Å². The molecule has 17 heavy (non-hydrogen) atoms. The first-order chi connectivity index (χ1) is 8.22. The van der Waals surface area contributed by atoms with E-state index in [1.54, 1.807) is 0 Å². The minimum atomic E-state index is -0.302.